The van der Waals surface area contributed by atoms with Gasteiger partial charge in [-0.25, -0.2) is 4.79 Å². The number of rotatable bonds is 4. The first-order valence-corrected chi connectivity index (χ1v) is 6.15. The van der Waals surface area contributed by atoms with E-state index in [2.05, 4.69) is 10.9 Å². The third-order valence-electron chi connectivity index (χ3n) is 2.52. The lowest BCUT2D eigenvalue weighted by Gasteiger charge is -2.07. The van der Waals surface area contributed by atoms with Gasteiger partial charge in [0.1, 0.15) is 11.3 Å². The average molecular weight is 304 g/mol. The van der Waals surface area contributed by atoms with Gasteiger partial charge < -0.3 is 14.3 Å². The van der Waals surface area contributed by atoms with Crippen molar-refractivity contribution in [3.05, 3.63) is 54.0 Å². The molecule has 0 aliphatic carbocycles. The third kappa shape index (κ3) is 3.85. The Bertz CT molecular complexity index is 680. The van der Waals surface area contributed by atoms with E-state index in [-0.39, 0.29) is 17.1 Å². The van der Waals surface area contributed by atoms with Crippen LogP contribution in [0.2, 0.25) is 0 Å². The standard InChI is InChI=1S/C14H12N2O6/c17-10-5-2-1-4-9(10)14(20)22-8-12(18)15-16-13(19)11-6-3-7-21-11/h1-7,17H,8H2,(H,15,18)(H,16,19). The first-order valence-electron chi connectivity index (χ1n) is 6.15. The molecule has 1 aromatic heterocycles. The number of hydrazine groups is 1. The second-order valence-corrected chi connectivity index (χ2v) is 4.07. The zero-order valence-corrected chi connectivity index (χ0v) is 11.2. The predicted molar refractivity (Wildman–Crippen MR) is 72.7 cm³/mol. The highest BCUT2D eigenvalue weighted by Crippen LogP contribution is 2.16. The van der Waals surface area contributed by atoms with Crippen molar-refractivity contribution in [3.8, 4) is 5.75 Å². The zero-order chi connectivity index (χ0) is 15.9. The molecule has 3 N–H and O–H groups in total. The van der Waals surface area contributed by atoms with Crippen molar-refractivity contribution in [2.75, 3.05) is 6.61 Å². The molecule has 8 nitrogen and oxygen atoms in total. The number of phenolic OH excluding ortho intramolecular Hbond substituents is 1. The highest BCUT2D eigenvalue weighted by molar-refractivity contribution is 5.95. The first kappa shape index (κ1) is 15.1. The molecule has 0 unspecified atom stereocenters. The number of hydrogen-bond acceptors (Lipinski definition) is 6. The van der Waals surface area contributed by atoms with E-state index in [1.165, 1.54) is 30.5 Å². The summed E-state index contributed by atoms with van der Waals surface area (Å²) < 4.78 is 9.53. The Labute approximate surface area is 124 Å². The monoisotopic (exact) mass is 304 g/mol. The number of carbonyl (C=O) groups is 3. The number of nitrogens with one attached hydrogen (secondary N) is 2. The van der Waals surface area contributed by atoms with E-state index in [4.69, 9.17) is 9.15 Å². The number of ether oxygens (including phenoxy) is 1. The van der Waals surface area contributed by atoms with Crippen molar-refractivity contribution < 1.29 is 28.6 Å². The third-order valence-corrected chi connectivity index (χ3v) is 2.52. The van der Waals surface area contributed by atoms with Crippen LogP contribution < -0.4 is 10.9 Å². The van der Waals surface area contributed by atoms with Crippen molar-refractivity contribution in [2.24, 2.45) is 0 Å². The van der Waals surface area contributed by atoms with E-state index in [0.29, 0.717) is 0 Å². The van der Waals surface area contributed by atoms with Crippen LogP contribution in [0.4, 0.5) is 0 Å². The molecule has 0 spiro atoms. The first-order chi connectivity index (χ1) is 10.6. The number of hydrogen-bond donors (Lipinski definition) is 3. The quantitative estimate of drug-likeness (QED) is 0.562. The zero-order valence-electron chi connectivity index (χ0n) is 11.2. The molecule has 2 rings (SSSR count). The summed E-state index contributed by atoms with van der Waals surface area (Å²) in [5.74, 6) is -2.48. The smallest absolute Gasteiger partial charge is 0.342 e. The molecule has 0 aliphatic heterocycles. The van der Waals surface area contributed by atoms with Crippen LogP contribution in [0.5, 0.6) is 5.75 Å². The van der Waals surface area contributed by atoms with Gasteiger partial charge in [-0.15, -0.1) is 0 Å². The van der Waals surface area contributed by atoms with Crippen molar-refractivity contribution >= 4 is 17.8 Å². The number of para-hydroxylation sites is 1. The summed E-state index contributed by atoms with van der Waals surface area (Å²) in [5.41, 5.74) is 4.08. The van der Waals surface area contributed by atoms with Crippen LogP contribution in [0.1, 0.15) is 20.9 Å². The highest BCUT2D eigenvalue weighted by atomic mass is 16.5. The molecule has 2 aromatic rings. The van der Waals surface area contributed by atoms with Gasteiger partial charge in [0.05, 0.1) is 6.26 Å². The van der Waals surface area contributed by atoms with Crippen LogP contribution in [-0.2, 0) is 9.53 Å². The average Bonchev–Trinajstić information content (AvgIpc) is 3.05. The number of furan rings is 1. The largest absolute Gasteiger partial charge is 0.507 e. The number of esters is 1. The summed E-state index contributed by atoms with van der Waals surface area (Å²) in [6, 6.07) is 8.70. The summed E-state index contributed by atoms with van der Waals surface area (Å²) in [7, 11) is 0. The van der Waals surface area contributed by atoms with Crippen LogP contribution in [0.15, 0.2) is 47.1 Å². The van der Waals surface area contributed by atoms with Crippen LogP contribution in [0.3, 0.4) is 0 Å². The summed E-state index contributed by atoms with van der Waals surface area (Å²) in [4.78, 5) is 34.5. The minimum Gasteiger partial charge on any atom is -0.507 e. The number of phenols is 1. The van der Waals surface area contributed by atoms with Gasteiger partial charge in [0.15, 0.2) is 12.4 Å². The number of benzene rings is 1. The number of carbonyl (C=O) groups excluding carboxylic acids is 3. The minimum absolute atomic E-state index is 0.0199. The van der Waals surface area contributed by atoms with Crippen LogP contribution in [0.25, 0.3) is 0 Å². The van der Waals surface area contributed by atoms with Crippen molar-refractivity contribution in [2.45, 2.75) is 0 Å². The summed E-state index contributed by atoms with van der Waals surface area (Å²) in [5, 5.41) is 9.46. The summed E-state index contributed by atoms with van der Waals surface area (Å²) >= 11 is 0. The molecule has 0 radical (unpaired) electrons. The van der Waals surface area contributed by atoms with Gasteiger partial charge >= 0.3 is 11.9 Å². The second-order valence-electron chi connectivity index (χ2n) is 4.07. The topological polar surface area (TPSA) is 118 Å². The van der Waals surface area contributed by atoms with Gasteiger partial charge in [-0.05, 0) is 24.3 Å². The van der Waals surface area contributed by atoms with E-state index in [0.717, 1.165) is 0 Å². The van der Waals surface area contributed by atoms with E-state index in [1.807, 2.05) is 0 Å². The van der Waals surface area contributed by atoms with Gasteiger partial charge in [0.25, 0.3) is 5.91 Å². The van der Waals surface area contributed by atoms with Crippen LogP contribution >= 0.6 is 0 Å². The Kier molecular flexibility index (Phi) is 4.76. The molecule has 0 saturated heterocycles. The fraction of sp³-hybridized carbons (Fsp3) is 0.0714. The molecular weight excluding hydrogens is 292 g/mol. The van der Waals surface area contributed by atoms with Crippen molar-refractivity contribution in [1.82, 2.24) is 10.9 Å². The maximum Gasteiger partial charge on any atom is 0.342 e. The number of amides is 2. The fourth-order valence-corrected chi connectivity index (χ4v) is 1.49. The maximum atomic E-state index is 11.6. The summed E-state index contributed by atoms with van der Waals surface area (Å²) in [6.45, 7) is -0.619. The lowest BCUT2D eigenvalue weighted by molar-refractivity contribution is -0.125. The van der Waals surface area contributed by atoms with Crippen LogP contribution in [-0.4, -0.2) is 29.5 Å². The Balaban J connectivity index is 1.77. The minimum atomic E-state index is -0.856. The Morgan fingerprint density at radius 3 is 2.55 bits per heavy atom. The molecule has 1 heterocycles. The molecule has 8 heteroatoms. The van der Waals surface area contributed by atoms with Gasteiger partial charge in [0, 0.05) is 0 Å². The molecule has 0 saturated carbocycles. The van der Waals surface area contributed by atoms with Gasteiger partial charge in [-0.2, -0.15) is 0 Å². The van der Waals surface area contributed by atoms with Gasteiger partial charge in [-0.1, -0.05) is 12.1 Å². The van der Waals surface area contributed by atoms with Gasteiger partial charge in [-0.3, -0.25) is 20.4 Å². The summed E-state index contributed by atoms with van der Waals surface area (Å²) in [6.07, 6.45) is 1.31. The molecule has 0 bridgehead atoms. The molecule has 0 fully saturated rings. The van der Waals surface area contributed by atoms with E-state index >= 15 is 0 Å². The SMILES string of the molecule is O=C(COC(=O)c1ccccc1O)NNC(=O)c1ccco1. The molecule has 114 valence electrons. The van der Waals surface area contributed by atoms with Gasteiger partial charge in [0.2, 0.25) is 0 Å². The normalized spacial score (nSPS) is 9.82. The Morgan fingerprint density at radius 2 is 1.86 bits per heavy atom. The van der Waals surface area contributed by atoms with Crippen LogP contribution in [0, 0.1) is 0 Å². The van der Waals surface area contributed by atoms with E-state index in [1.54, 1.807) is 12.1 Å². The lowest BCUT2D eigenvalue weighted by atomic mass is 10.2. The van der Waals surface area contributed by atoms with Crippen molar-refractivity contribution in [1.29, 1.82) is 0 Å². The molecule has 22 heavy (non-hydrogen) atoms. The number of aromatic hydroxyl groups is 1. The Hall–Kier alpha value is -3.29. The molecular formula is C14H12N2O6. The lowest BCUT2D eigenvalue weighted by Crippen LogP contribution is -2.43. The predicted octanol–water partition coefficient (Wildman–Crippen LogP) is 0.603. The Morgan fingerprint density at radius 1 is 1.09 bits per heavy atom. The molecule has 1 aromatic carbocycles. The maximum absolute atomic E-state index is 11.6. The fourth-order valence-electron chi connectivity index (χ4n) is 1.49. The van der Waals surface area contributed by atoms with E-state index in [9.17, 15) is 19.5 Å². The second kappa shape index (κ2) is 6.93. The molecule has 0 atom stereocenters. The molecule has 0 aliphatic rings. The van der Waals surface area contributed by atoms with E-state index < -0.39 is 24.4 Å². The highest BCUT2D eigenvalue weighted by Gasteiger charge is 2.14. The molecule has 2 amide bonds. The van der Waals surface area contributed by atoms with Crippen molar-refractivity contribution in [3.63, 3.8) is 0 Å².